The number of imide groups is 1. The van der Waals surface area contributed by atoms with E-state index < -0.39 is 11.9 Å². The number of thioether (sulfide) groups is 1. The maximum absolute atomic E-state index is 13.0. The van der Waals surface area contributed by atoms with Gasteiger partial charge in [0, 0.05) is 24.7 Å². The largest absolute Gasteiger partial charge is 0.379 e. The van der Waals surface area contributed by atoms with Crippen molar-refractivity contribution in [3.05, 3.63) is 46.2 Å². The van der Waals surface area contributed by atoms with Gasteiger partial charge in [-0.25, -0.2) is 9.78 Å². The zero-order valence-electron chi connectivity index (χ0n) is 16.9. The van der Waals surface area contributed by atoms with E-state index in [1.165, 1.54) is 10.6 Å². The molecule has 0 radical (unpaired) electrons. The number of rotatable bonds is 10. The van der Waals surface area contributed by atoms with Crippen LogP contribution >= 0.6 is 23.4 Å². The first kappa shape index (κ1) is 23.9. The van der Waals surface area contributed by atoms with Gasteiger partial charge in [0.1, 0.15) is 0 Å². The molecule has 30 heavy (non-hydrogen) atoms. The molecule has 0 unspecified atom stereocenters. The van der Waals surface area contributed by atoms with Crippen molar-refractivity contribution < 1.29 is 14.3 Å². The van der Waals surface area contributed by atoms with Crippen molar-refractivity contribution in [2.45, 2.75) is 38.1 Å². The van der Waals surface area contributed by atoms with Gasteiger partial charge in [-0.05, 0) is 38.5 Å². The lowest BCUT2D eigenvalue weighted by atomic mass is 10.2. The molecule has 0 atom stereocenters. The summed E-state index contributed by atoms with van der Waals surface area (Å²) in [6.07, 6.45) is 2.22. The molecule has 0 aliphatic heterocycles. The van der Waals surface area contributed by atoms with E-state index in [1.54, 1.807) is 18.2 Å². The van der Waals surface area contributed by atoms with Crippen LogP contribution in [0.15, 0.2) is 40.8 Å². The maximum Gasteiger partial charge on any atom is 0.321 e. The van der Waals surface area contributed by atoms with Crippen molar-refractivity contribution in [3.63, 3.8) is 0 Å². The monoisotopic (exact) mass is 452 g/mol. The molecule has 162 valence electrons. The third kappa shape index (κ3) is 7.16. The Bertz CT molecular complexity index is 977. The van der Waals surface area contributed by atoms with Crippen LogP contribution in [0.2, 0.25) is 5.02 Å². The summed E-state index contributed by atoms with van der Waals surface area (Å²) < 4.78 is 7.07. The highest BCUT2D eigenvalue weighted by atomic mass is 35.5. The fourth-order valence-corrected chi connectivity index (χ4v) is 3.52. The highest BCUT2D eigenvalue weighted by molar-refractivity contribution is 7.99. The van der Waals surface area contributed by atoms with E-state index in [0.29, 0.717) is 40.7 Å². The molecule has 1 aromatic carbocycles. The lowest BCUT2D eigenvalue weighted by Gasteiger charge is -2.14. The number of nitrogens with zero attached hydrogens (tertiary/aromatic N) is 2. The van der Waals surface area contributed by atoms with Crippen LogP contribution in [0.4, 0.5) is 4.79 Å². The van der Waals surface area contributed by atoms with E-state index in [4.69, 9.17) is 16.3 Å². The number of carbonyl (C=O) groups excluding carboxylic acids is 2. The lowest BCUT2D eigenvalue weighted by molar-refractivity contribution is -0.117. The van der Waals surface area contributed by atoms with Crippen molar-refractivity contribution in [2.75, 3.05) is 18.9 Å². The summed E-state index contributed by atoms with van der Waals surface area (Å²) in [4.78, 5) is 41.2. The molecule has 0 aliphatic carbocycles. The number of fused-ring (bicyclic) bond motifs is 1. The second kappa shape index (κ2) is 11.7. The summed E-state index contributed by atoms with van der Waals surface area (Å²) in [6.45, 7) is 8.51. The van der Waals surface area contributed by atoms with Gasteiger partial charge < -0.3 is 10.1 Å². The van der Waals surface area contributed by atoms with E-state index in [9.17, 15) is 14.4 Å². The average Bonchev–Trinajstić information content (AvgIpc) is 2.69. The Morgan fingerprint density at radius 1 is 1.40 bits per heavy atom. The van der Waals surface area contributed by atoms with Crippen LogP contribution in [0.1, 0.15) is 20.3 Å². The molecular weight excluding hydrogens is 428 g/mol. The standard InChI is InChI=1S/C20H25ClN4O4S/c1-4-8-22-19(28)24-17(26)12-30-20-23-16-11-14(21)6-7-15(16)18(27)25(20)9-5-10-29-13(2)3/h4,6-7,11,13H,1,5,8-10,12H2,2-3H3,(H2,22,24,26,28). The number of carbonyl (C=O) groups is 2. The molecule has 0 saturated carbocycles. The van der Waals surface area contributed by atoms with Gasteiger partial charge in [-0.15, -0.1) is 6.58 Å². The Balaban J connectivity index is 2.19. The average molecular weight is 453 g/mol. The van der Waals surface area contributed by atoms with Gasteiger partial charge in [-0.1, -0.05) is 29.4 Å². The molecule has 0 saturated heterocycles. The summed E-state index contributed by atoms with van der Waals surface area (Å²) in [5.41, 5.74) is 0.238. The van der Waals surface area contributed by atoms with Gasteiger partial charge in [0.2, 0.25) is 5.91 Å². The quantitative estimate of drug-likeness (QED) is 0.248. The summed E-state index contributed by atoms with van der Waals surface area (Å²) in [6, 6.07) is 4.28. The fourth-order valence-electron chi connectivity index (χ4n) is 2.52. The highest BCUT2D eigenvalue weighted by Gasteiger charge is 2.15. The number of hydrogen-bond acceptors (Lipinski definition) is 6. The molecule has 1 aromatic heterocycles. The van der Waals surface area contributed by atoms with Crippen LogP contribution in [0.3, 0.4) is 0 Å². The molecule has 1 heterocycles. The van der Waals surface area contributed by atoms with Gasteiger partial charge >= 0.3 is 6.03 Å². The van der Waals surface area contributed by atoms with E-state index in [0.717, 1.165) is 11.8 Å². The van der Waals surface area contributed by atoms with Crippen LogP contribution in [-0.4, -0.2) is 46.5 Å². The number of nitrogens with one attached hydrogen (secondary N) is 2. The summed E-state index contributed by atoms with van der Waals surface area (Å²) in [7, 11) is 0. The van der Waals surface area contributed by atoms with E-state index >= 15 is 0 Å². The molecular formula is C20H25ClN4O4S. The van der Waals surface area contributed by atoms with Gasteiger partial charge in [0.25, 0.3) is 5.56 Å². The van der Waals surface area contributed by atoms with E-state index in [2.05, 4.69) is 22.2 Å². The minimum absolute atomic E-state index is 0.0808. The number of aromatic nitrogens is 2. The highest BCUT2D eigenvalue weighted by Crippen LogP contribution is 2.20. The predicted molar refractivity (Wildman–Crippen MR) is 119 cm³/mol. The van der Waals surface area contributed by atoms with Gasteiger partial charge in [0.05, 0.1) is 22.8 Å². The molecule has 2 N–H and O–H groups in total. The van der Waals surface area contributed by atoms with Crippen LogP contribution in [0.25, 0.3) is 10.9 Å². The van der Waals surface area contributed by atoms with Crippen molar-refractivity contribution >= 4 is 46.2 Å². The minimum atomic E-state index is -0.609. The maximum atomic E-state index is 13.0. The Labute approximate surface area is 184 Å². The number of halogens is 1. The molecule has 0 bridgehead atoms. The summed E-state index contributed by atoms with van der Waals surface area (Å²) >= 11 is 7.11. The zero-order chi connectivity index (χ0) is 22.1. The minimum Gasteiger partial charge on any atom is -0.379 e. The Morgan fingerprint density at radius 2 is 2.17 bits per heavy atom. The van der Waals surface area contributed by atoms with Crippen LogP contribution in [0.5, 0.6) is 0 Å². The smallest absolute Gasteiger partial charge is 0.321 e. The third-order valence-corrected chi connectivity index (χ3v) is 5.06. The molecule has 2 rings (SSSR count). The molecule has 2 aromatic rings. The van der Waals surface area contributed by atoms with Crippen LogP contribution < -0.4 is 16.2 Å². The molecule has 3 amide bonds. The number of amides is 3. The Kier molecular flexibility index (Phi) is 9.35. The molecule has 8 nitrogen and oxygen atoms in total. The van der Waals surface area contributed by atoms with Crippen LogP contribution in [-0.2, 0) is 16.1 Å². The van der Waals surface area contributed by atoms with Crippen molar-refractivity contribution in [2.24, 2.45) is 0 Å². The third-order valence-electron chi connectivity index (χ3n) is 3.85. The molecule has 10 heteroatoms. The van der Waals surface area contributed by atoms with E-state index in [1.807, 2.05) is 13.8 Å². The number of benzene rings is 1. The number of hydrogen-bond donors (Lipinski definition) is 2. The fraction of sp³-hybridized carbons (Fsp3) is 0.400. The second-order valence-corrected chi connectivity index (χ2v) is 8.00. The van der Waals surface area contributed by atoms with Gasteiger partial charge in [-0.2, -0.15) is 0 Å². The number of urea groups is 1. The summed E-state index contributed by atoms with van der Waals surface area (Å²) in [5.74, 6) is -0.584. The first-order valence-electron chi connectivity index (χ1n) is 9.45. The van der Waals surface area contributed by atoms with Gasteiger partial charge in [-0.3, -0.25) is 19.5 Å². The topological polar surface area (TPSA) is 102 Å². The molecule has 0 spiro atoms. The van der Waals surface area contributed by atoms with Crippen molar-refractivity contribution in [1.82, 2.24) is 20.2 Å². The SMILES string of the molecule is C=CCNC(=O)NC(=O)CSc1nc2cc(Cl)ccc2c(=O)n1CCCOC(C)C. The Morgan fingerprint density at radius 3 is 2.87 bits per heavy atom. The van der Waals surface area contributed by atoms with Crippen molar-refractivity contribution in [1.29, 1.82) is 0 Å². The second-order valence-electron chi connectivity index (χ2n) is 6.62. The normalized spacial score (nSPS) is 10.9. The van der Waals surface area contributed by atoms with E-state index in [-0.39, 0.29) is 24.0 Å². The predicted octanol–water partition coefficient (Wildman–Crippen LogP) is 2.97. The molecule has 0 aliphatic rings. The lowest BCUT2D eigenvalue weighted by Crippen LogP contribution is -2.40. The first-order chi connectivity index (χ1) is 14.3. The first-order valence-corrected chi connectivity index (χ1v) is 10.8. The van der Waals surface area contributed by atoms with Crippen molar-refractivity contribution in [3.8, 4) is 0 Å². The molecule has 0 fully saturated rings. The summed E-state index contributed by atoms with van der Waals surface area (Å²) in [5, 5.41) is 5.96. The number of ether oxygens (including phenoxy) is 1. The zero-order valence-corrected chi connectivity index (χ0v) is 18.5. The van der Waals surface area contributed by atoms with Crippen LogP contribution in [0, 0.1) is 0 Å². The Hall–Kier alpha value is -2.36. The van der Waals surface area contributed by atoms with Gasteiger partial charge in [0.15, 0.2) is 5.16 Å².